The van der Waals surface area contributed by atoms with Crippen LogP contribution in [0.3, 0.4) is 0 Å². The van der Waals surface area contributed by atoms with Crippen molar-refractivity contribution >= 4 is 18.3 Å². The molecule has 0 aromatic heterocycles. The van der Waals surface area contributed by atoms with Gasteiger partial charge in [-0.2, -0.15) is 0 Å². The maximum Gasteiger partial charge on any atom is 0.256 e. The first-order valence-electron chi connectivity index (χ1n) is 7.49. The quantitative estimate of drug-likeness (QED) is 0.844. The Bertz CT molecular complexity index is 491. The number of piperidine rings is 1. The first-order valence-corrected chi connectivity index (χ1v) is 7.49. The Morgan fingerprint density at radius 3 is 2.68 bits per heavy atom. The van der Waals surface area contributed by atoms with Gasteiger partial charge in [0.05, 0.1) is 11.7 Å². The van der Waals surface area contributed by atoms with E-state index in [1.165, 1.54) is 6.07 Å². The predicted molar refractivity (Wildman–Crippen MR) is 86.9 cm³/mol. The maximum absolute atomic E-state index is 13.9. The molecule has 2 rings (SSSR count). The summed E-state index contributed by atoms with van der Waals surface area (Å²) in [5, 5.41) is 0. The van der Waals surface area contributed by atoms with Crippen molar-refractivity contribution in [3.8, 4) is 0 Å². The number of aryl methyl sites for hydroxylation is 1. The second-order valence-electron chi connectivity index (χ2n) is 5.49. The van der Waals surface area contributed by atoms with Gasteiger partial charge in [0.15, 0.2) is 0 Å². The van der Waals surface area contributed by atoms with Crippen LogP contribution in [0.25, 0.3) is 0 Å². The highest BCUT2D eigenvalue weighted by atomic mass is 35.5. The van der Waals surface area contributed by atoms with Crippen LogP contribution in [-0.2, 0) is 4.74 Å². The summed E-state index contributed by atoms with van der Waals surface area (Å²) >= 11 is 0. The maximum atomic E-state index is 13.9. The standard InChI is InChI=1S/C16H23FN2O2.ClH/c1-12-3-4-14(15(17)11-12)16(20)19-8-5-13(6-9-19)21-10-2-7-18;/h3-4,11,13H,2,5-10,18H2,1H3;1H. The van der Waals surface area contributed by atoms with Crippen molar-refractivity contribution in [1.29, 1.82) is 0 Å². The summed E-state index contributed by atoms with van der Waals surface area (Å²) in [7, 11) is 0. The minimum Gasteiger partial charge on any atom is -0.378 e. The molecular formula is C16H24ClFN2O2. The Morgan fingerprint density at radius 1 is 1.41 bits per heavy atom. The third kappa shape index (κ3) is 4.93. The minimum absolute atomic E-state index is 0. The molecule has 2 N–H and O–H groups in total. The number of nitrogens with two attached hydrogens (primary N) is 1. The molecule has 0 spiro atoms. The smallest absolute Gasteiger partial charge is 0.256 e. The fourth-order valence-corrected chi connectivity index (χ4v) is 2.52. The topological polar surface area (TPSA) is 55.6 Å². The monoisotopic (exact) mass is 330 g/mol. The molecule has 0 unspecified atom stereocenters. The van der Waals surface area contributed by atoms with E-state index in [1.54, 1.807) is 17.0 Å². The van der Waals surface area contributed by atoms with Crippen LogP contribution in [0.4, 0.5) is 4.39 Å². The number of ether oxygens (including phenoxy) is 1. The van der Waals surface area contributed by atoms with Crippen LogP contribution < -0.4 is 5.73 Å². The molecule has 1 saturated heterocycles. The van der Waals surface area contributed by atoms with Gasteiger partial charge in [-0.15, -0.1) is 12.4 Å². The molecule has 0 saturated carbocycles. The Labute approximate surface area is 137 Å². The first-order chi connectivity index (χ1) is 10.1. The molecule has 1 heterocycles. The molecule has 1 aromatic rings. The van der Waals surface area contributed by atoms with Crippen LogP contribution >= 0.6 is 12.4 Å². The molecule has 6 heteroatoms. The van der Waals surface area contributed by atoms with Crippen molar-refractivity contribution in [1.82, 2.24) is 4.90 Å². The van der Waals surface area contributed by atoms with E-state index in [0.29, 0.717) is 26.2 Å². The summed E-state index contributed by atoms with van der Waals surface area (Å²) in [5.74, 6) is -0.672. The van der Waals surface area contributed by atoms with Gasteiger partial charge in [-0.3, -0.25) is 4.79 Å². The Kier molecular flexibility index (Phi) is 7.79. The lowest BCUT2D eigenvalue weighted by molar-refractivity contribution is 0.00834. The number of carbonyl (C=O) groups excluding carboxylic acids is 1. The average molecular weight is 331 g/mol. The van der Waals surface area contributed by atoms with Crippen molar-refractivity contribution in [3.63, 3.8) is 0 Å². The van der Waals surface area contributed by atoms with Crippen LogP contribution in [-0.4, -0.2) is 43.2 Å². The largest absolute Gasteiger partial charge is 0.378 e. The van der Waals surface area contributed by atoms with Gasteiger partial charge >= 0.3 is 0 Å². The highest BCUT2D eigenvalue weighted by molar-refractivity contribution is 5.94. The van der Waals surface area contributed by atoms with Gasteiger partial charge in [0.2, 0.25) is 0 Å². The molecule has 1 fully saturated rings. The molecule has 0 radical (unpaired) electrons. The van der Waals surface area contributed by atoms with E-state index in [9.17, 15) is 9.18 Å². The summed E-state index contributed by atoms with van der Waals surface area (Å²) in [6, 6.07) is 4.73. The van der Waals surface area contributed by atoms with Gasteiger partial charge in [-0.05, 0) is 50.4 Å². The van der Waals surface area contributed by atoms with Gasteiger partial charge in [-0.25, -0.2) is 4.39 Å². The lowest BCUT2D eigenvalue weighted by atomic mass is 10.1. The number of hydrogen-bond donors (Lipinski definition) is 1. The van der Waals surface area contributed by atoms with Crippen LogP contribution in [0.1, 0.15) is 35.2 Å². The highest BCUT2D eigenvalue weighted by Gasteiger charge is 2.25. The molecule has 1 aliphatic rings. The summed E-state index contributed by atoms with van der Waals surface area (Å²) in [4.78, 5) is 14.0. The summed E-state index contributed by atoms with van der Waals surface area (Å²) in [6.45, 7) is 4.33. The summed E-state index contributed by atoms with van der Waals surface area (Å²) < 4.78 is 19.6. The first kappa shape index (κ1) is 18.9. The van der Waals surface area contributed by atoms with Crippen molar-refractivity contribution in [3.05, 3.63) is 35.1 Å². The number of amides is 1. The second-order valence-corrected chi connectivity index (χ2v) is 5.49. The van der Waals surface area contributed by atoms with E-state index in [0.717, 1.165) is 24.8 Å². The molecule has 0 atom stereocenters. The van der Waals surface area contributed by atoms with Crippen molar-refractivity contribution in [2.24, 2.45) is 5.73 Å². The van der Waals surface area contributed by atoms with Crippen LogP contribution in [0.5, 0.6) is 0 Å². The molecule has 4 nitrogen and oxygen atoms in total. The minimum atomic E-state index is -0.443. The molecule has 0 aliphatic carbocycles. The number of rotatable bonds is 5. The predicted octanol–water partition coefficient (Wildman–Crippen LogP) is 2.53. The fourth-order valence-electron chi connectivity index (χ4n) is 2.52. The molecule has 1 aliphatic heterocycles. The van der Waals surface area contributed by atoms with Gasteiger partial charge in [0, 0.05) is 19.7 Å². The Morgan fingerprint density at radius 2 is 2.09 bits per heavy atom. The molecule has 22 heavy (non-hydrogen) atoms. The lowest BCUT2D eigenvalue weighted by Gasteiger charge is -2.32. The third-order valence-electron chi connectivity index (χ3n) is 3.79. The molecular weight excluding hydrogens is 307 g/mol. The van der Waals surface area contributed by atoms with Gasteiger partial charge < -0.3 is 15.4 Å². The zero-order valence-electron chi connectivity index (χ0n) is 12.9. The van der Waals surface area contributed by atoms with Gasteiger partial charge in [0.1, 0.15) is 5.82 Å². The van der Waals surface area contributed by atoms with Gasteiger partial charge in [0.25, 0.3) is 5.91 Å². The number of halogens is 2. The SMILES string of the molecule is Cc1ccc(C(=O)N2CCC(OCCCN)CC2)c(F)c1.Cl. The number of nitrogens with zero attached hydrogens (tertiary/aromatic N) is 1. The normalized spacial score (nSPS) is 15.5. The second kappa shape index (κ2) is 9.08. The van der Waals surface area contributed by atoms with E-state index >= 15 is 0 Å². The zero-order valence-corrected chi connectivity index (χ0v) is 13.7. The number of carbonyl (C=O) groups is 1. The van der Waals surface area contributed by atoms with Gasteiger partial charge in [-0.1, -0.05) is 6.07 Å². The van der Waals surface area contributed by atoms with Crippen LogP contribution in [0, 0.1) is 12.7 Å². The number of likely N-dealkylation sites (tertiary alicyclic amines) is 1. The van der Waals surface area contributed by atoms with E-state index in [2.05, 4.69) is 0 Å². The van der Waals surface area contributed by atoms with E-state index in [-0.39, 0.29) is 30.0 Å². The van der Waals surface area contributed by atoms with Crippen LogP contribution in [0.15, 0.2) is 18.2 Å². The van der Waals surface area contributed by atoms with E-state index in [4.69, 9.17) is 10.5 Å². The average Bonchev–Trinajstić information content (AvgIpc) is 2.48. The molecule has 1 amide bonds. The Balaban J connectivity index is 0.00000242. The van der Waals surface area contributed by atoms with E-state index < -0.39 is 5.82 Å². The van der Waals surface area contributed by atoms with Crippen molar-refractivity contribution in [2.75, 3.05) is 26.2 Å². The third-order valence-corrected chi connectivity index (χ3v) is 3.79. The number of hydrogen-bond acceptors (Lipinski definition) is 3. The lowest BCUT2D eigenvalue weighted by Crippen LogP contribution is -2.41. The summed E-state index contributed by atoms with van der Waals surface area (Å²) in [6.07, 6.45) is 2.63. The molecule has 0 bridgehead atoms. The summed E-state index contributed by atoms with van der Waals surface area (Å²) in [5.41, 5.74) is 6.40. The molecule has 124 valence electrons. The Hall–Kier alpha value is -1.17. The highest BCUT2D eigenvalue weighted by Crippen LogP contribution is 2.18. The fraction of sp³-hybridized carbons (Fsp3) is 0.562. The molecule has 1 aromatic carbocycles. The van der Waals surface area contributed by atoms with Crippen molar-refractivity contribution in [2.45, 2.75) is 32.3 Å². The van der Waals surface area contributed by atoms with E-state index in [1.807, 2.05) is 6.92 Å². The zero-order chi connectivity index (χ0) is 15.2. The van der Waals surface area contributed by atoms with Crippen LogP contribution in [0.2, 0.25) is 0 Å². The number of benzene rings is 1. The van der Waals surface area contributed by atoms with Crippen molar-refractivity contribution < 1.29 is 13.9 Å².